The Morgan fingerprint density at radius 2 is 2.00 bits per heavy atom. The standard InChI is InChI=1S/C12H21BrO2/c1-3-5-6-7-9-15-12(14)11(10-13)8-4-2/h8H,3-7,9-10H2,1-2H3/b11-8+. The maximum absolute atomic E-state index is 11.5. The number of esters is 1. The quantitative estimate of drug-likeness (QED) is 0.291. The lowest BCUT2D eigenvalue weighted by Crippen LogP contribution is -2.10. The number of hydrogen-bond donors (Lipinski definition) is 0. The second kappa shape index (κ2) is 10.2. The van der Waals surface area contributed by atoms with Crippen molar-refractivity contribution in [3.63, 3.8) is 0 Å². The van der Waals surface area contributed by atoms with Crippen molar-refractivity contribution in [1.82, 2.24) is 0 Å². The minimum absolute atomic E-state index is 0.176. The van der Waals surface area contributed by atoms with Gasteiger partial charge in [0.2, 0.25) is 0 Å². The fourth-order valence-corrected chi connectivity index (χ4v) is 1.68. The van der Waals surface area contributed by atoms with Crippen LogP contribution in [0.15, 0.2) is 11.6 Å². The largest absolute Gasteiger partial charge is 0.462 e. The van der Waals surface area contributed by atoms with Gasteiger partial charge in [0, 0.05) is 10.9 Å². The summed E-state index contributed by atoms with van der Waals surface area (Å²) < 4.78 is 5.16. The first-order chi connectivity index (χ1) is 7.26. The molecule has 0 rings (SSSR count). The van der Waals surface area contributed by atoms with Gasteiger partial charge in [0.1, 0.15) is 0 Å². The maximum atomic E-state index is 11.5. The highest BCUT2D eigenvalue weighted by atomic mass is 79.9. The van der Waals surface area contributed by atoms with Gasteiger partial charge in [-0.05, 0) is 12.8 Å². The fraction of sp³-hybridized carbons (Fsp3) is 0.750. The van der Waals surface area contributed by atoms with Crippen LogP contribution in [-0.4, -0.2) is 17.9 Å². The molecule has 0 aliphatic carbocycles. The van der Waals surface area contributed by atoms with Gasteiger partial charge >= 0.3 is 5.97 Å². The lowest BCUT2D eigenvalue weighted by atomic mass is 10.2. The van der Waals surface area contributed by atoms with Crippen molar-refractivity contribution in [2.45, 2.75) is 46.0 Å². The molecule has 3 heteroatoms. The third kappa shape index (κ3) is 7.60. The van der Waals surface area contributed by atoms with E-state index in [9.17, 15) is 4.79 Å². The van der Waals surface area contributed by atoms with E-state index in [-0.39, 0.29) is 5.97 Å². The van der Waals surface area contributed by atoms with Gasteiger partial charge in [0.15, 0.2) is 0 Å². The zero-order chi connectivity index (χ0) is 11.5. The highest BCUT2D eigenvalue weighted by Gasteiger charge is 2.08. The number of allylic oxidation sites excluding steroid dienone is 1. The maximum Gasteiger partial charge on any atom is 0.334 e. The Kier molecular flexibility index (Phi) is 10.0. The normalized spacial score (nSPS) is 11.5. The molecule has 0 aliphatic heterocycles. The van der Waals surface area contributed by atoms with E-state index in [4.69, 9.17) is 4.74 Å². The molecule has 15 heavy (non-hydrogen) atoms. The zero-order valence-corrected chi connectivity index (χ0v) is 11.3. The second-order valence-corrected chi connectivity index (χ2v) is 4.03. The van der Waals surface area contributed by atoms with E-state index >= 15 is 0 Å². The smallest absolute Gasteiger partial charge is 0.334 e. The Labute approximate surface area is 101 Å². The monoisotopic (exact) mass is 276 g/mol. The van der Waals surface area contributed by atoms with E-state index in [0.29, 0.717) is 11.9 Å². The minimum atomic E-state index is -0.176. The van der Waals surface area contributed by atoms with Gasteiger partial charge in [-0.25, -0.2) is 4.79 Å². The Bertz CT molecular complexity index is 200. The van der Waals surface area contributed by atoms with E-state index in [1.165, 1.54) is 12.8 Å². The fourth-order valence-electron chi connectivity index (χ4n) is 1.23. The molecule has 2 nitrogen and oxygen atoms in total. The molecule has 0 bridgehead atoms. The molecule has 0 aromatic rings. The third-order valence-electron chi connectivity index (χ3n) is 2.09. The number of ether oxygens (including phenoxy) is 1. The highest BCUT2D eigenvalue weighted by molar-refractivity contribution is 9.09. The molecule has 0 aromatic carbocycles. The van der Waals surface area contributed by atoms with Gasteiger partial charge in [0.05, 0.1) is 6.61 Å². The number of halogens is 1. The topological polar surface area (TPSA) is 26.3 Å². The van der Waals surface area contributed by atoms with E-state index in [1.807, 2.05) is 13.0 Å². The summed E-state index contributed by atoms with van der Waals surface area (Å²) in [6.07, 6.45) is 7.31. The summed E-state index contributed by atoms with van der Waals surface area (Å²) in [7, 11) is 0. The van der Waals surface area contributed by atoms with E-state index < -0.39 is 0 Å². The lowest BCUT2D eigenvalue weighted by molar-refractivity contribution is -0.139. The third-order valence-corrected chi connectivity index (χ3v) is 2.69. The van der Waals surface area contributed by atoms with Crippen LogP contribution in [0.4, 0.5) is 0 Å². The van der Waals surface area contributed by atoms with Gasteiger partial charge in [-0.3, -0.25) is 0 Å². The summed E-state index contributed by atoms with van der Waals surface area (Å²) in [4.78, 5) is 11.5. The predicted octanol–water partition coefficient (Wildman–Crippen LogP) is 3.84. The van der Waals surface area contributed by atoms with Crippen molar-refractivity contribution >= 4 is 21.9 Å². The van der Waals surface area contributed by atoms with Gasteiger partial charge in [0.25, 0.3) is 0 Å². The van der Waals surface area contributed by atoms with Crippen LogP contribution >= 0.6 is 15.9 Å². The second-order valence-electron chi connectivity index (χ2n) is 3.47. The average molecular weight is 277 g/mol. The molecule has 88 valence electrons. The number of hydrogen-bond acceptors (Lipinski definition) is 2. The van der Waals surface area contributed by atoms with Crippen LogP contribution in [-0.2, 0) is 9.53 Å². The molecule has 0 aromatic heterocycles. The predicted molar refractivity (Wildman–Crippen MR) is 67.3 cm³/mol. The summed E-state index contributed by atoms with van der Waals surface area (Å²) in [6.45, 7) is 4.73. The number of alkyl halides is 1. The van der Waals surface area contributed by atoms with Crippen LogP contribution in [0.1, 0.15) is 46.0 Å². The highest BCUT2D eigenvalue weighted by Crippen LogP contribution is 2.06. The molecular weight excluding hydrogens is 256 g/mol. The van der Waals surface area contributed by atoms with Gasteiger partial charge in [-0.1, -0.05) is 55.1 Å². The molecule has 0 N–H and O–H groups in total. The number of carbonyl (C=O) groups excluding carboxylic acids is 1. The summed E-state index contributed by atoms with van der Waals surface area (Å²) in [6, 6.07) is 0. The van der Waals surface area contributed by atoms with Crippen LogP contribution in [0, 0.1) is 0 Å². The van der Waals surface area contributed by atoms with Crippen LogP contribution in [0.2, 0.25) is 0 Å². The molecule has 0 saturated heterocycles. The van der Waals surface area contributed by atoms with Gasteiger partial charge in [-0.15, -0.1) is 0 Å². The molecule has 0 aliphatic rings. The average Bonchev–Trinajstić information content (AvgIpc) is 2.25. The summed E-state index contributed by atoms with van der Waals surface area (Å²) in [5.74, 6) is -0.176. The van der Waals surface area contributed by atoms with Gasteiger partial charge in [-0.2, -0.15) is 0 Å². The Balaban J connectivity index is 3.67. The summed E-state index contributed by atoms with van der Waals surface area (Å²) >= 11 is 3.28. The molecule has 0 heterocycles. The van der Waals surface area contributed by atoms with Crippen molar-refractivity contribution in [3.05, 3.63) is 11.6 Å². The SMILES string of the molecule is CC/C=C(\CBr)C(=O)OCCCCCC. The minimum Gasteiger partial charge on any atom is -0.462 e. The number of rotatable bonds is 8. The summed E-state index contributed by atoms with van der Waals surface area (Å²) in [5, 5.41) is 0.578. The first-order valence-corrected chi connectivity index (χ1v) is 6.80. The first-order valence-electron chi connectivity index (χ1n) is 5.68. The molecule has 0 fully saturated rings. The Morgan fingerprint density at radius 3 is 2.53 bits per heavy atom. The van der Waals surface area contributed by atoms with E-state index in [1.54, 1.807) is 0 Å². The van der Waals surface area contributed by atoms with Crippen molar-refractivity contribution in [3.8, 4) is 0 Å². The van der Waals surface area contributed by atoms with Crippen molar-refractivity contribution in [2.75, 3.05) is 11.9 Å². The van der Waals surface area contributed by atoms with Crippen LogP contribution in [0.5, 0.6) is 0 Å². The van der Waals surface area contributed by atoms with Gasteiger partial charge < -0.3 is 4.74 Å². The molecule has 0 saturated carbocycles. The Hall–Kier alpha value is -0.310. The molecule has 0 spiro atoms. The first kappa shape index (κ1) is 14.7. The lowest BCUT2D eigenvalue weighted by Gasteiger charge is -2.05. The van der Waals surface area contributed by atoms with Crippen LogP contribution < -0.4 is 0 Å². The molecule has 0 amide bonds. The molecular formula is C12H21BrO2. The van der Waals surface area contributed by atoms with E-state index in [2.05, 4.69) is 22.9 Å². The Morgan fingerprint density at radius 1 is 1.27 bits per heavy atom. The van der Waals surface area contributed by atoms with Crippen molar-refractivity contribution < 1.29 is 9.53 Å². The molecule has 0 unspecified atom stereocenters. The van der Waals surface area contributed by atoms with E-state index in [0.717, 1.165) is 24.8 Å². The van der Waals surface area contributed by atoms with Crippen molar-refractivity contribution in [1.29, 1.82) is 0 Å². The van der Waals surface area contributed by atoms with Crippen LogP contribution in [0.25, 0.3) is 0 Å². The summed E-state index contributed by atoms with van der Waals surface area (Å²) in [5.41, 5.74) is 0.730. The molecule has 0 atom stereocenters. The molecule has 0 radical (unpaired) electrons. The van der Waals surface area contributed by atoms with Crippen LogP contribution in [0.3, 0.4) is 0 Å². The number of unbranched alkanes of at least 4 members (excludes halogenated alkanes) is 3. The number of carbonyl (C=O) groups is 1. The zero-order valence-electron chi connectivity index (χ0n) is 9.72. The van der Waals surface area contributed by atoms with Crippen molar-refractivity contribution in [2.24, 2.45) is 0 Å².